The molecular weight excluding hydrogens is 184 g/mol. The molecule has 0 aromatic heterocycles. The van der Waals surface area contributed by atoms with Crippen molar-refractivity contribution in [2.75, 3.05) is 12.5 Å². The fraction of sp³-hybridized carbons (Fsp3) is 0.300. The number of hydrogen-bond donors (Lipinski definition) is 1. The summed E-state index contributed by atoms with van der Waals surface area (Å²) in [6.07, 6.45) is 3.35. The van der Waals surface area contributed by atoms with Crippen LogP contribution in [0.3, 0.4) is 0 Å². The molecule has 1 rings (SSSR count). The molecule has 13 heavy (non-hydrogen) atoms. The first kappa shape index (κ1) is 10.1. The monoisotopic (exact) mass is 198 g/mol. The van der Waals surface area contributed by atoms with Gasteiger partial charge in [0, 0.05) is 10.5 Å². The van der Waals surface area contributed by atoms with Crippen LogP contribution in [0.15, 0.2) is 29.2 Å². The molecule has 0 N–H and O–H groups in total. The van der Waals surface area contributed by atoms with Crippen LogP contribution in [0.5, 0.6) is 0 Å². The Balaban J connectivity index is 3.37. The highest BCUT2D eigenvalue weighted by atomic mass is 32.2. The van der Waals surface area contributed by atoms with Gasteiger partial charge >= 0.3 is 0 Å². The summed E-state index contributed by atoms with van der Waals surface area (Å²) in [5.41, 5.74) is 0.579. The summed E-state index contributed by atoms with van der Waals surface area (Å²) >= 11 is 0. The van der Waals surface area contributed by atoms with Gasteiger partial charge in [0.1, 0.15) is 0 Å². The van der Waals surface area contributed by atoms with Gasteiger partial charge in [-0.2, -0.15) is 0 Å². The molecule has 0 amide bonds. The fourth-order valence-corrected chi connectivity index (χ4v) is 2.50. The van der Waals surface area contributed by atoms with Gasteiger partial charge in [0.15, 0.2) is 5.78 Å². The van der Waals surface area contributed by atoms with Gasteiger partial charge < -0.3 is 0 Å². The lowest BCUT2D eigenvalue weighted by Gasteiger charge is -2.15. The highest BCUT2D eigenvalue weighted by Gasteiger charge is 2.12. The number of thiol groups is 1. The number of carbonyl (C=O) groups excluding carboxylic acids is 1. The second-order valence-corrected chi connectivity index (χ2v) is 6.61. The van der Waals surface area contributed by atoms with E-state index >= 15 is 0 Å². The molecule has 0 unspecified atom stereocenters. The quantitative estimate of drug-likeness (QED) is 0.577. The predicted octanol–water partition coefficient (Wildman–Crippen LogP) is 1.52. The summed E-state index contributed by atoms with van der Waals surface area (Å²) in [4.78, 5) is 11.9. The Morgan fingerprint density at radius 1 is 1.23 bits per heavy atom. The fourth-order valence-electron chi connectivity index (χ4n) is 1.24. The first-order chi connectivity index (χ1) is 5.93. The van der Waals surface area contributed by atoms with E-state index < -0.39 is 9.93 Å². The van der Waals surface area contributed by atoms with Crippen molar-refractivity contribution in [1.29, 1.82) is 0 Å². The van der Waals surface area contributed by atoms with Crippen molar-refractivity contribution in [2.45, 2.75) is 11.8 Å². The van der Waals surface area contributed by atoms with Crippen molar-refractivity contribution in [2.24, 2.45) is 0 Å². The lowest BCUT2D eigenvalue weighted by atomic mass is 10.1. The minimum atomic E-state index is -2.33. The Labute approximate surface area is 79.4 Å². The topological polar surface area (TPSA) is 34.1 Å². The number of ketones is 1. The maximum absolute atomic E-state index is 11.8. The van der Waals surface area contributed by atoms with Crippen LogP contribution in [0.1, 0.15) is 17.3 Å². The molecule has 0 aliphatic rings. The molecule has 2 nitrogen and oxygen atoms in total. The van der Waals surface area contributed by atoms with Gasteiger partial charge in [0.05, 0.1) is 0 Å². The van der Waals surface area contributed by atoms with Gasteiger partial charge in [-0.3, -0.25) is 9.00 Å². The maximum atomic E-state index is 11.8. The Hall–Kier alpha value is -0.960. The lowest BCUT2D eigenvalue weighted by Crippen LogP contribution is -2.11. The molecule has 0 radical (unpaired) electrons. The molecule has 72 valence electrons. The van der Waals surface area contributed by atoms with Crippen LogP contribution in [0, 0.1) is 0 Å². The largest absolute Gasteiger partial charge is 0.294 e. The SMILES string of the molecule is CC(=O)c1ccccc1[SH](C)(C)=O. The highest BCUT2D eigenvalue weighted by Crippen LogP contribution is 2.19. The third kappa shape index (κ3) is 2.25. The molecule has 1 aromatic carbocycles. The van der Waals surface area contributed by atoms with Crippen molar-refractivity contribution in [1.82, 2.24) is 0 Å². The van der Waals surface area contributed by atoms with Crippen molar-refractivity contribution >= 4 is 15.7 Å². The second kappa shape index (κ2) is 3.42. The van der Waals surface area contributed by atoms with Gasteiger partial charge in [0.2, 0.25) is 0 Å². The molecule has 0 heterocycles. The zero-order chi connectivity index (χ0) is 10.1. The molecule has 0 bridgehead atoms. The van der Waals surface area contributed by atoms with Gasteiger partial charge in [-0.1, -0.05) is 28.1 Å². The normalized spacial score (nSPS) is 12.5. The van der Waals surface area contributed by atoms with Gasteiger partial charge in [-0.15, -0.1) is 0 Å². The van der Waals surface area contributed by atoms with E-state index in [4.69, 9.17) is 0 Å². The summed E-state index contributed by atoms with van der Waals surface area (Å²) < 4.78 is 11.8. The minimum absolute atomic E-state index is 0.0282. The van der Waals surface area contributed by atoms with E-state index in [9.17, 15) is 9.00 Å². The lowest BCUT2D eigenvalue weighted by molar-refractivity contribution is 0.101. The molecule has 3 heteroatoms. The van der Waals surface area contributed by atoms with Crippen LogP contribution < -0.4 is 0 Å². The van der Waals surface area contributed by atoms with Crippen LogP contribution in [0.25, 0.3) is 0 Å². The van der Waals surface area contributed by atoms with Crippen LogP contribution in [-0.4, -0.2) is 22.5 Å². The molecule has 0 aliphatic carbocycles. The summed E-state index contributed by atoms with van der Waals surface area (Å²) in [6.45, 7) is 1.49. The Morgan fingerprint density at radius 2 is 1.77 bits per heavy atom. The molecule has 0 atom stereocenters. The van der Waals surface area contributed by atoms with Crippen molar-refractivity contribution in [3.63, 3.8) is 0 Å². The van der Waals surface area contributed by atoms with Crippen molar-refractivity contribution < 1.29 is 9.00 Å². The molecule has 0 saturated heterocycles. The minimum Gasteiger partial charge on any atom is -0.294 e. The molecule has 0 fully saturated rings. The van der Waals surface area contributed by atoms with Crippen LogP contribution >= 0.6 is 0 Å². The zero-order valence-electron chi connectivity index (χ0n) is 8.07. The third-order valence-electron chi connectivity index (χ3n) is 1.86. The van der Waals surface area contributed by atoms with E-state index in [1.54, 1.807) is 36.8 Å². The van der Waals surface area contributed by atoms with Crippen LogP contribution in [-0.2, 0) is 9.93 Å². The summed E-state index contributed by atoms with van der Waals surface area (Å²) in [7, 11) is -2.33. The van der Waals surface area contributed by atoms with Gasteiger partial charge in [-0.05, 0) is 25.5 Å². The standard InChI is InChI=1S/C10H14O2S/c1-8(11)9-6-4-5-7-10(9)13(2,3)12/h4-7,13H,1-3H3. The number of benzene rings is 1. The molecule has 0 spiro atoms. The number of hydrogen-bond acceptors (Lipinski definition) is 2. The van der Waals surface area contributed by atoms with Crippen molar-refractivity contribution in [3.05, 3.63) is 29.8 Å². The third-order valence-corrected chi connectivity index (χ3v) is 3.41. The summed E-state index contributed by atoms with van der Waals surface area (Å²) in [6, 6.07) is 7.08. The Kier molecular flexibility index (Phi) is 2.66. The average Bonchev–Trinajstić information content (AvgIpc) is 2.03. The maximum Gasteiger partial charge on any atom is 0.160 e. The van der Waals surface area contributed by atoms with Crippen LogP contribution in [0.4, 0.5) is 0 Å². The van der Waals surface area contributed by atoms with Gasteiger partial charge in [0.25, 0.3) is 0 Å². The molecule has 1 aromatic rings. The molecular formula is C10H14O2S. The Morgan fingerprint density at radius 3 is 2.15 bits per heavy atom. The van der Waals surface area contributed by atoms with E-state index in [1.807, 2.05) is 0 Å². The Bertz CT molecular complexity index is 376. The predicted molar refractivity (Wildman–Crippen MR) is 56.1 cm³/mol. The number of rotatable bonds is 2. The molecule has 0 aliphatic heterocycles. The first-order valence-electron chi connectivity index (χ1n) is 4.08. The highest BCUT2D eigenvalue weighted by molar-refractivity contribution is 8.01. The van der Waals surface area contributed by atoms with Crippen molar-refractivity contribution in [3.8, 4) is 0 Å². The van der Waals surface area contributed by atoms with Crippen LogP contribution in [0.2, 0.25) is 0 Å². The van der Waals surface area contributed by atoms with Gasteiger partial charge in [-0.25, -0.2) is 0 Å². The second-order valence-electron chi connectivity index (χ2n) is 3.42. The average molecular weight is 198 g/mol. The first-order valence-corrected chi connectivity index (χ1v) is 6.68. The summed E-state index contributed by atoms with van der Waals surface area (Å²) in [5, 5.41) is 0. The van der Waals surface area contributed by atoms with E-state index in [2.05, 4.69) is 0 Å². The van der Waals surface area contributed by atoms with E-state index in [1.165, 1.54) is 6.92 Å². The summed E-state index contributed by atoms with van der Waals surface area (Å²) in [5.74, 6) is -0.0282. The molecule has 0 saturated carbocycles. The number of carbonyl (C=O) groups is 1. The van der Waals surface area contributed by atoms with E-state index in [0.29, 0.717) is 10.5 Å². The van der Waals surface area contributed by atoms with E-state index in [-0.39, 0.29) is 5.78 Å². The smallest absolute Gasteiger partial charge is 0.160 e. The zero-order valence-corrected chi connectivity index (χ0v) is 8.97. The van der Waals surface area contributed by atoms with E-state index in [0.717, 1.165) is 0 Å². The number of Topliss-reactive ketones (excluding diaryl/α,β-unsaturated/α-hetero) is 1.